The number of carboxylic acid groups (broad SMARTS) is 1. The molecular weight excluding hydrogens is 258 g/mol. The predicted molar refractivity (Wildman–Crippen MR) is 50.9 cm³/mol. The summed E-state index contributed by atoms with van der Waals surface area (Å²) in [6.07, 6.45) is -0.445. The van der Waals surface area contributed by atoms with E-state index in [1.54, 1.807) is 0 Å². The van der Waals surface area contributed by atoms with Crippen molar-refractivity contribution >= 4 is 11.9 Å². The molecule has 0 unspecified atom stereocenters. The number of carboxylic acids is 1. The van der Waals surface area contributed by atoms with Crippen LogP contribution in [0.4, 0.5) is 17.6 Å². The van der Waals surface area contributed by atoms with Gasteiger partial charge in [-0.3, -0.25) is 9.59 Å². The minimum Gasteiger partial charge on any atom is -0.481 e. The molecule has 0 aromatic heterocycles. The first-order chi connectivity index (χ1) is 8.34. The van der Waals surface area contributed by atoms with Gasteiger partial charge in [0, 0.05) is 6.54 Å². The van der Waals surface area contributed by atoms with Crippen molar-refractivity contribution in [3.8, 4) is 0 Å². The quantitative estimate of drug-likeness (QED) is 0.492. The van der Waals surface area contributed by atoms with Gasteiger partial charge in [0.25, 0.3) is 5.91 Å². The topological polar surface area (TPSA) is 66.4 Å². The van der Waals surface area contributed by atoms with E-state index < -0.39 is 47.1 Å². The number of carbonyl (C=O) groups is 2. The van der Waals surface area contributed by atoms with E-state index in [1.807, 2.05) is 5.32 Å². The molecule has 1 aromatic rings. The van der Waals surface area contributed by atoms with Crippen LogP contribution in [0.5, 0.6) is 0 Å². The first-order valence-corrected chi connectivity index (χ1v) is 4.67. The Morgan fingerprint density at radius 3 is 2.28 bits per heavy atom. The molecule has 2 N–H and O–H groups in total. The van der Waals surface area contributed by atoms with Crippen molar-refractivity contribution < 1.29 is 32.3 Å². The molecule has 0 saturated heterocycles. The molecule has 98 valence electrons. The maximum Gasteiger partial charge on any atom is 0.305 e. The lowest BCUT2D eigenvalue weighted by atomic mass is 10.1. The molecule has 0 heterocycles. The fourth-order valence-corrected chi connectivity index (χ4v) is 1.12. The van der Waals surface area contributed by atoms with Crippen molar-refractivity contribution in [3.05, 3.63) is 34.9 Å². The van der Waals surface area contributed by atoms with E-state index in [-0.39, 0.29) is 12.6 Å². The fourth-order valence-electron chi connectivity index (χ4n) is 1.12. The van der Waals surface area contributed by atoms with Gasteiger partial charge in [0.15, 0.2) is 23.3 Å². The number of halogens is 4. The maximum absolute atomic E-state index is 13.1. The molecule has 8 heteroatoms. The Labute approximate surface area is 98.2 Å². The van der Waals surface area contributed by atoms with E-state index >= 15 is 0 Å². The molecule has 0 saturated carbocycles. The Hall–Kier alpha value is -2.12. The summed E-state index contributed by atoms with van der Waals surface area (Å²) in [5.74, 6) is -10.1. The standard InChI is InChI=1S/C10H7F4NO3/c11-5-3-4(7(12)9(14)8(5)13)10(18)15-2-1-6(16)17/h3H,1-2H2,(H,15,18)(H,16,17). The molecule has 1 rings (SSSR count). The van der Waals surface area contributed by atoms with Crippen LogP contribution >= 0.6 is 0 Å². The summed E-state index contributed by atoms with van der Waals surface area (Å²) >= 11 is 0. The number of amides is 1. The van der Waals surface area contributed by atoms with Crippen LogP contribution in [-0.4, -0.2) is 23.5 Å². The number of benzene rings is 1. The SMILES string of the molecule is O=C(O)CCNC(=O)c1cc(F)c(F)c(F)c1F. The average molecular weight is 265 g/mol. The van der Waals surface area contributed by atoms with E-state index in [2.05, 4.69) is 0 Å². The summed E-state index contributed by atoms with van der Waals surface area (Å²) in [6.45, 7) is -0.353. The van der Waals surface area contributed by atoms with Crippen LogP contribution in [0.1, 0.15) is 16.8 Å². The summed E-state index contributed by atoms with van der Waals surface area (Å²) in [4.78, 5) is 21.4. The number of hydrogen-bond acceptors (Lipinski definition) is 2. The molecule has 0 fully saturated rings. The molecule has 0 aliphatic heterocycles. The van der Waals surface area contributed by atoms with Crippen molar-refractivity contribution in [1.29, 1.82) is 0 Å². The molecule has 0 spiro atoms. The largest absolute Gasteiger partial charge is 0.481 e. The molecular formula is C10H7F4NO3. The molecule has 4 nitrogen and oxygen atoms in total. The fraction of sp³-hybridized carbons (Fsp3) is 0.200. The third kappa shape index (κ3) is 2.96. The molecule has 0 atom stereocenters. The normalized spacial score (nSPS) is 10.2. The van der Waals surface area contributed by atoms with Crippen LogP contribution in [0, 0.1) is 23.3 Å². The van der Waals surface area contributed by atoms with Gasteiger partial charge in [0.1, 0.15) is 0 Å². The Morgan fingerprint density at radius 2 is 1.72 bits per heavy atom. The summed E-state index contributed by atoms with van der Waals surface area (Å²) < 4.78 is 51.3. The van der Waals surface area contributed by atoms with Crippen LogP contribution in [0.2, 0.25) is 0 Å². The highest BCUT2D eigenvalue weighted by atomic mass is 19.2. The summed E-state index contributed by atoms with van der Waals surface area (Å²) in [5.41, 5.74) is -1.03. The third-order valence-corrected chi connectivity index (χ3v) is 1.97. The molecule has 0 aliphatic rings. The lowest BCUT2D eigenvalue weighted by Gasteiger charge is -2.06. The van der Waals surface area contributed by atoms with Crippen LogP contribution in [0.15, 0.2) is 6.07 Å². The minimum atomic E-state index is -2.10. The van der Waals surface area contributed by atoms with Gasteiger partial charge >= 0.3 is 5.97 Å². The van der Waals surface area contributed by atoms with Gasteiger partial charge in [-0.2, -0.15) is 0 Å². The molecule has 1 amide bonds. The highest BCUT2D eigenvalue weighted by Gasteiger charge is 2.22. The van der Waals surface area contributed by atoms with Gasteiger partial charge in [0.05, 0.1) is 12.0 Å². The lowest BCUT2D eigenvalue weighted by molar-refractivity contribution is -0.136. The second-order valence-electron chi connectivity index (χ2n) is 3.25. The number of rotatable bonds is 4. The zero-order valence-corrected chi connectivity index (χ0v) is 8.77. The van der Waals surface area contributed by atoms with Gasteiger partial charge in [-0.25, -0.2) is 17.6 Å². The van der Waals surface area contributed by atoms with Crippen LogP contribution in [0.3, 0.4) is 0 Å². The monoisotopic (exact) mass is 265 g/mol. The minimum absolute atomic E-state index is 0.198. The van der Waals surface area contributed by atoms with Crippen molar-refractivity contribution in [2.24, 2.45) is 0 Å². The molecule has 0 radical (unpaired) electrons. The summed E-state index contributed by atoms with van der Waals surface area (Å²) in [7, 11) is 0. The van der Waals surface area contributed by atoms with Gasteiger partial charge in [-0.1, -0.05) is 0 Å². The molecule has 0 bridgehead atoms. The van der Waals surface area contributed by atoms with E-state index in [1.165, 1.54) is 0 Å². The van der Waals surface area contributed by atoms with Crippen molar-refractivity contribution in [2.75, 3.05) is 6.54 Å². The lowest BCUT2D eigenvalue weighted by Crippen LogP contribution is -2.27. The number of nitrogens with one attached hydrogen (secondary N) is 1. The van der Waals surface area contributed by atoms with Crippen LogP contribution in [-0.2, 0) is 4.79 Å². The second-order valence-corrected chi connectivity index (χ2v) is 3.25. The molecule has 0 aliphatic carbocycles. The first-order valence-electron chi connectivity index (χ1n) is 4.67. The Balaban J connectivity index is 2.90. The second kappa shape index (κ2) is 5.48. The summed E-state index contributed by atoms with van der Waals surface area (Å²) in [5, 5.41) is 10.2. The average Bonchev–Trinajstić information content (AvgIpc) is 2.30. The van der Waals surface area contributed by atoms with Crippen LogP contribution in [0.25, 0.3) is 0 Å². The summed E-state index contributed by atoms with van der Waals surface area (Å²) in [6, 6.07) is 0.198. The maximum atomic E-state index is 13.1. The Morgan fingerprint density at radius 1 is 1.11 bits per heavy atom. The van der Waals surface area contributed by atoms with Crippen molar-refractivity contribution in [2.45, 2.75) is 6.42 Å². The Bertz CT molecular complexity index is 504. The molecule has 1 aromatic carbocycles. The van der Waals surface area contributed by atoms with Gasteiger partial charge in [-0.15, -0.1) is 0 Å². The smallest absolute Gasteiger partial charge is 0.305 e. The van der Waals surface area contributed by atoms with Gasteiger partial charge < -0.3 is 10.4 Å². The van der Waals surface area contributed by atoms with E-state index in [0.29, 0.717) is 0 Å². The van der Waals surface area contributed by atoms with Crippen LogP contribution < -0.4 is 5.32 Å². The van der Waals surface area contributed by atoms with E-state index in [9.17, 15) is 27.2 Å². The molecule has 18 heavy (non-hydrogen) atoms. The van der Waals surface area contributed by atoms with Crippen molar-refractivity contribution in [3.63, 3.8) is 0 Å². The number of hydrogen-bond donors (Lipinski definition) is 2. The predicted octanol–water partition coefficient (Wildman–Crippen LogP) is 1.45. The van der Waals surface area contributed by atoms with E-state index in [4.69, 9.17) is 5.11 Å². The zero-order chi connectivity index (χ0) is 13.9. The zero-order valence-electron chi connectivity index (χ0n) is 8.77. The number of carbonyl (C=O) groups excluding carboxylic acids is 1. The van der Waals surface area contributed by atoms with Crippen molar-refractivity contribution in [1.82, 2.24) is 5.32 Å². The third-order valence-electron chi connectivity index (χ3n) is 1.97. The highest BCUT2D eigenvalue weighted by Crippen LogP contribution is 2.18. The Kier molecular flexibility index (Phi) is 4.24. The van der Waals surface area contributed by atoms with E-state index in [0.717, 1.165) is 0 Å². The highest BCUT2D eigenvalue weighted by molar-refractivity contribution is 5.94. The first kappa shape index (κ1) is 13.9. The van der Waals surface area contributed by atoms with Gasteiger partial charge in [0.2, 0.25) is 0 Å². The van der Waals surface area contributed by atoms with Gasteiger partial charge in [-0.05, 0) is 6.07 Å². The number of aliphatic carboxylic acids is 1.